The van der Waals surface area contributed by atoms with Gasteiger partial charge in [0.15, 0.2) is 0 Å². The Balaban J connectivity index is 2.37. The second-order valence-corrected chi connectivity index (χ2v) is 19.4. The second-order valence-electron chi connectivity index (χ2n) is 17.9. The molecule has 0 aromatic heterocycles. The lowest BCUT2D eigenvalue weighted by atomic mass is 9.76. The fraction of sp³-hybridized carbons (Fsp3) is 0.707. The highest BCUT2D eigenvalue weighted by Gasteiger charge is 2.36. The molecule has 1 aliphatic rings. The summed E-state index contributed by atoms with van der Waals surface area (Å²) < 4.78 is 16.2. The van der Waals surface area contributed by atoms with Crippen molar-refractivity contribution in [1.29, 1.82) is 0 Å². The largest absolute Gasteiger partial charge is 0.322 e. The third-order valence-electron chi connectivity index (χ3n) is 9.18. The van der Waals surface area contributed by atoms with Crippen molar-refractivity contribution in [1.82, 2.24) is 4.67 Å². The van der Waals surface area contributed by atoms with Gasteiger partial charge in [0.2, 0.25) is 0 Å². The van der Waals surface area contributed by atoms with Gasteiger partial charge >= 0.3 is 0 Å². The summed E-state index contributed by atoms with van der Waals surface area (Å²) in [6.45, 7) is 34.3. The Kier molecular flexibility index (Phi) is 13.0. The average molecular weight is 638 g/mol. The van der Waals surface area contributed by atoms with E-state index in [0.717, 1.165) is 26.1 Å². The van der Waals surface area contributed by atoms with Gasteiger partial charge in [0.05, 0.1) is 19.3 Å². The average Bonchev–Trinajstić information content (AvgIpc) is 2.89. The number of rotatable bonds is 5. The van der Waals surface area contributed by atoms with E-state index in [1.54, 1.807) is 0 Å². The van der Waals surface area contributed by atoms with Crippen LogP contribution in [0.25, 0.3) is 0 Å². The van der Waals surface area contributed by atoms with Crippen LogP contribution in [0.4, 0.5) is 0 Å². The molecular weight excluding hydrogens is 569 g/mol. The van der Waals surface area contributed by atoms with E-state index in [0.29, 0.717) is 0 Å². The molecule has 1 heterocycles. The van der Waals surface area contributed by atoms with Crippen molar-refractivity contribution in [3.05, 3.63) is 69.8 Å². The molecule has 3 nitrogen and oxygen atoms in total. The van der Waals surface area contributed by atoms with Crippen LogP contribution in [0.5, 0.6) is 0 Å². The van der Waals surface area contributed by atoms with E-state index in [1.807, 2.05) is 0 Å². The number of hydrogen-bond donors (Lipinski definition) is 0. The Morgan fingerprint density at radius 2 is 0.778 bits per heavy atom. The van der Waals surface area contributed by atoms with Gasteiger partial charge in [-0.25, -0.2) is 4.67 Å². The number of hydrogen-bond acceptors (Lipinski definition) is 3. The summed E-state index contributed by atoms with van der Waals surface area (Å²) in [6, 6.07) is 15.1. The highest BCUT2D eigenvalue weighted by Crippen LogP contribution is 2.53. The molecule has 0 aliphatic carbocycles. The first-order chi connectivity index (χ1) is 20.7. The van der Waals surface area contributed by atoms with Crippen molar-refractivity contribution in [3.8, 4) is 0 Å². The molecule has 1 aliphatic heterocycles. The zero-order valence-corrected chi connectivity index (χ0v) is 32.6. The van der Waals surface area contributed by atoms with Gasteiger partial charge < -0.3 is 9.05 Å². The summed E-state index contributed by atoms with van der Waals surface area (Å²) in [4.78, 5) is 0. The Labute approximate surface area is 280 Å². The molecule has 2 aromatic rings. The third kappa shape index (κ3) is 10.9. The molecule has 0 spiro atoms. The van der Waals surface area contributed by atoms with Crippen LogP contribution in [-0.4, -0.2) is 23.9 Å². The molecule has 1 saturated heterocycles. The van der Waals surface area contributed by atoms with Crippen LogP contribution >= 0.6 is 8.53 Å². The molecule has 0 amide bonds. The maximum Gasteiger partial charge on any atom is 0.259 e. The van der Waals surface area contributed by atoms with Crippen LogP contribution in [0.3, 0.4) is 0 Å². The Morgan fingerprint density at radius 3 is 1.04 bits per heavy atom. The van der Waals surface area contributed by atoms with E-state index in [2.05, 4.69) is 138 Å². The maximum atomic E-state index is 6.82. The first-order valence-electron chi connectivity index (χ1n) is 17.9. The van der Waals surface area contributed by atoms with Crippen LogP contribution in [0, 0.1) is 0 Å². The van der Waals surface area contributed by atoms with E-state index in [4.69, 9.17) is 9.05 Å². The molecule has 2 aromatic carbocycles. The van der Waals surface area contributed by atoms with Gasteiger partial charge in [0.25, 0.3) is 8.53 Å². The van der Waals surface area contributed by atoms with Crippen LogP contribution < -0.4 is 0 Å². The van der Waals surface area contributed by atoms with Crippen LogP contribution in [0.2, 0.25) is 0 Å². The smallest absolute Gasteiger partial charge is 0.259 e. The lowest BCUT2D eigenvalue weighted by Crippen LogP contribution is -2.34. The van der Waals surface area contributed by atoms with Gasteiger partial charge in [0.1, 0.15) is 0 Å². The minimum Gasteiger partial charge on any atom is -0.322 e. The van der Waals surface area contributed by atoms with Gasteiger partial charge in [-0.15, -0.1) is 0 Å². The first-order valence-corrected chi connectivity index (χ1v) is 19.0. The fourth-order valence-electron chi connectivity index (χ4n) is 5.97. The highest BCUT2D eigenvalue weighted by molar-refractivity contribution is 7.44. The van der Waals surface area contributed by atoms with Crippen LogP contribution in [-0.2, 0) is 30.7 Å². The topological polar surface area (TPSA) is 21.7 Å². The summed E-state index contributed by atoms with van der Waals surface area (Å²) in [7, 11) is -1.27. The molecule has 0 saturated carbocycles. The monoisotopic (exact) mass is 637 g/mol. The van der Waals surface area contributed by atoms with Crippen molar-refractivity contribution in [2.45, 2.75) is 176 Å². The molecule has 4 heteroatoms. The quantitative estimate of drug-likeness (QED) is 0.305. The second kappa shape index (κ2) is 15.3. The minimum absolute atomic E-state index is 0.00387. The molecule has 0 unspecified atom stereocenters. The van der Waals surface area contributed by atoms with E-state index < -0.39 is 8.53 Å². The Bertz CT molecular complexity index is 1070. The molecule has 254 valence electrons. The third-order valence-corrected chi connectivity index (χ3v) is 11.1. The lowest BCUT2D eigenvalue weighted by molar-refractivity contribution is 0.169. The zero-order valence-electron chi connectivity index (χ0n) is 31.7. The molecule has 0 N–H and O–H groups in total. The normalized spacial score (nSPS) is 17.5. The maximum absolute atomic E-state index is 6.82. The Morgan fingerprint density at radius 1 is 0.489 bits per heavy atom. The molecule has 45 heavy (non-hydrogen) atoms. The number of benzene rings is 2. The molecule has 1 fully saturated rings. The van der Waals surface area contributed by atoms with Crippen LogP contribution in [0.1, 0.15) is 181 Å². The Hall–Kier alpha value is -1.25. The predicted octanol–water partition coefficient (Wildman–Crippen LogP) is 12.7. The SMILES string of the molecule is CC(C)N(C(c1cc(C(C)(C)C)cc(C(C)(C)C)c1)c1cc(C(C)(C)C)cc(C(C)(C)C)c1)P1OCCCCCCCCCO1. The van der Waals surface area contributed by atoms with Crippen molar-refractivity contribution >= 4 is 8.53 Å². The highest BCUT2D eigenvalue weighted by atomic mass is 31.2. The molecule has 3 rings (SSSR count). The summed E-state index contributed by atoms with van der Waals surface area (Å²) in [5.74, 6) is 0. The van der Waals surface area contributed by atoms with Crippen molar-refractivity contribution in [2.24, 2.45) is 0 Å². The summed E-state index contributed by atoms with van der Waals surface area (Å²) in [5.41, 5.74) is 8.32. The molecule has 0 bridgehead atoms. The minimum atomic E-state index is -1.27. The van der Waals surface area contributed by atoms with Gasteiger partial charge in [0, 0.05) is 6.04 Å². The van der Waals surface area contributed by atoms with Gasteiger partial charge in [-0.1, -0.05) is 152 Å². The van der Waals surface area contributed by atoms with E-state index in [-0.39, 0.29) is 33.7 Å². The van der Waals surface area contributed by atoms with Crippen molar-refractivity contribution in [2.75, 3.05) is 13.2 Å². The molecule has 0 radical (unpaired) electrons. The summed E-state index contributed by atoms with van der Waals surface area (Å²) in [5, 5.41) is 0. The summed E-state index contributed by atoms with van der Waals surface area (Å²) in [6.07, 6.45) is 8.61. The number of nitrogens with zero attached hydrogens (tertiary/aromatic N) is 1. The fourth-order valence-corrected chi connectivity index (χ4v) is 7.72. The van der Waals surface area contributed by atoms with Crippen molar-refractivity contribution < 1.29 is 9.05 Å². The van der Waals surface area contributed by atoms with E-state index in [1.165, 1.54) is 65.5 Å². The van der Waals surface area contributed by atoms with E-state index >= 15 is 0 Å². The van der Waals surface area contributed by atoms with Gasteiger partial charge in [-0.05, 0) is 81.7 Å². The first kappa shape index (κ1) is 38.2. The zero-order chi connectivity index (χ0) is 33.8. The summed E-state index contributed by atoms with van der Waals surface area (Å²) >= 11 is 0. The van der Waals surface area contributed by atoms with Gasteiger partial charge in [-0.2, -0.15) is 0 Å². The standard InChI is InChI=1S/C41H68NO2P/c1-30(2)42(45-43-22-20-18-16-15-17-19-21-23-44-45)37(31-24-33(38(3,4)5)28-34(25-31)39(6,7)8)32-26-35(40(9,10)11)29-36(27-32)41(12,13)14/h24-30,37H,15-23H2,1-14H3. The lowest BCUT2D eigenvalue weighted by Gasteiger charge is -2.41. The molecular formula is C41H68NO2P. The van der Waals surface area contributed by atoms with Crippen LogP contribution in [0.15, 0.2) is 36.4 Å². The van der Waals surface area contributed by atoms with Gasteiger partial charge in [-0.3, -0.25) is 0 Å². The van der Waals surface area contributed by atoms with Crippen molar-refractivity contribution in [3.63, 3.8) is 0 Å². The predicted molar refractivity (Wildman–Crippen MR) is 198 cm³/mol. The van der Waals surface area contributed by atoms with E-state index in [9.17, 15) is 0 Å². The molecule has 0 atom stereocenters.